The van der Waals surface area contributed by atoms with Gasteiger partial charge in [0.15, 0.2) is 10.9 Å². The highest BCUT2D eigenvalue weighted by Crippen LogP contribution is 2.32. The summed E-state index contributed by atoms with van der Waals surface area (Å²) in [4.78, 5) is 19.8. The van der Waals surface area contributed by atoms with Crippen LogP contribution >= 0.6 is 11.8 Å². The van der Waals surface area contributed by atoms with Crippen LogP contribution < -0.4 is 5.32 Å². The zero-order valence-electron chi connectivity index (χ0n) is 15.7. The van der Waals surface area contributed by atoms with Gasteiger partial charge < -0.3 is 9.73 Å². The van der Waals surface area contributed by atoms with Gasteiger partial charge in [0.05, 0.1) is 12.0 Å². The molecule has 0 bridgehead atoms. The molecule has 0 unspecified atom stereocenters. The van der Waals surface area contributed by atoms with Crippen LogP contribution in [-0.4, -0.2) is 21.6 Å². The number of carbonyl (C=O) groups excluding carboxylic acids is 1. The normalized spacial score (nSPS) is 11.7. The monoisotopic (exact) mass is 421 g/mol. The van der Waals surface area contributed by atoms with Crippen molar-refractivity contribution in [1.29, 1.82) is 0 Å². The van der Waals surface area contributed by atoms with E-state index in [4.69, 9.17) is 4.42 Å². The Bertz CT molecular complexity index is 972. The molecule has 1 N–H and O–H groups in total. The molecule has 0 saturated carbocycles. The summed E-state index contributed by atoms with van der Waals surface area (Å²) >= 11 is 0.822. The number of hydrogen-bond acceptors (Lipinski definition) is 5. The Hall–Kier alpha value is -2.81. The fourth-order valence-electron chi connectivity index (χ4n) is 2.46. The number of rotatable bonds is 6. The average molecular weight is 421 g/mol. The number of carbonyl (C=O) groups is 1. The predicted octanol–water partition coefficient (Wildman–Crippen LogP) is 5.61. The summed E-state index contributed by atoms with van der Waals surface area (Å²) in [5.41, 5.74) is 0.664. The van der Waals surface area contributed by atoms with Gasteiger partial charge in [-0.1, -0.05) is 37.7 Å². The van der Waals surface area contributed by atoms with Gasteiger partial charge in [-0.2, -0.15) is 13.2 Å². The van der Waals surface area contributed by atoms with Gasteiger partial charge in [0.1, 0.15) is 11.4 Å². The number of aromatic nitrogens is 2. The molecule has 0 aliphatic heterocycles. The molecular weight excluding hydrogens is 403 g/mol. The highest BCUT2D eigenvalue weighted by atomic mass is 32.2. The lowest BCUT2D eigenvalue weighted by molar-refractivity contribution is -0.141. The third-order valence-corrected chi connectivity index (χ3v) is 4.81. The number of benzene rings is 1. The van der Waals surface area contributed by atoms with Crippen molar-refractivity contribution in [3.05, 3.63) is 60.0 Å². The fraction of sp³-hybridized carbons (Fsp3) is 0.250. The van der Waals surface area contributed by atoms with Crippen LogP contribution in [0.15, 0.2) is 58.3 Å². The Morgan fingerprint density at radius 1 is 1.17 bits per heavy atom. The third-order valence-electron chi connectivity index (χ3n) is 3.96. The number of nitrogens with zero attached hydrogens (tertiary/aromatic N) is 2. The minimum absolute atomic E-state index is 0.00417. The van der Waals surface area contributed by atoms with Crippen LogP contribution in [0, 0.1) is 0 Å². The first kappa shape index (κ1) is 20.9. The standard InChI is InChI=1S/C20H18F3N3O2S/c1-12(2)13-5-7-14(8-6-13)24-18(27)11-29-19-25-15(16-4-3-9-28-16)10-17(26-19)20(21,22)23/h3-10,12H,11H2,1-2H3,(H,24,27). The van der Waals surface area contributed by atoms with Crippen LogP contribution in [0.5, 0.6) is 0 Å². The number of alkyl halides is 3. The van der Waals surface area contributed by atoms with Crippen LogP contribution in [-0.2, 0) is 11.0 Å². The SMILES string of the molecule is CC(C)c1ccc(NC(=O)CSc2nc(-c3ccco3)cc(C(F)(F)F)n2)cc1. The highest BCUT2D eigenvalue weighted by molar-refractivity contribution is 7.99. The summed E-state index contributed by atoms with van der Waals surface area (Å²) in [7, 11) is 0. The summed E-state index contributed by atoms with van der Waals surface area (Å²) in [6, 6.07) is 11.3. The van der Waals surface area contributed by atoms with E-state index in [0.717, 1.165) is 23.4 Å². The van der Waals surface area contributed by atoms with E-state index >= 15 is 0 Å². The van der Waals surface area contributed by atoms with Crippen LogP contribution in [0.3, 0.4) is 0 Å². The van der Waals surface area contributed by atoms with E-state index in [-0.39, 0.29) is 28.3 Å². The first-order chi connectivity index (χ1) is 13.7. The molecule has 5 nitrogen and oxygen atoms in total. The summed E-state index contributed by atoms with van der Waals surface area (Å²) in [5.74, 6) is 0.0595. The third kappa shape index (κ3) is 5.60. The molecule has 152 valence electrons. The number of halogens is 3. The Morgan fingerprint density at radius 2 is 1.90 bits per heavy atom. The van der Waals surface area contributed by atoms with Gasteiger partial charge in [0.2, 0.25) is 5.91 Å². The maximum absolute atomic E-state index is 13.2. The molecule has 0 aliphatic carbocycles. The first-order valence-electron chi connectivity index (χ1n) is 8.75. The molecule has 1 aromatic carbocycles. The van der Waals surface area contributed by atoms with E-state index in [0.29, 0.717) is 11.6 Å². The van der Waals surface area contributed by atoms with Crippen LogP contribution in [0.4, 0.5) is 18.9 Å². The molecule has 9 heteroatoms. The molecule has 0 saturated heterocycles. The van der Waals surface area contributed by atoms with Crippen molar-refractivity contribution in [3.8, 4) is 11.5 Å². The molecule has 0 fully saturated rings. The van der Waals surface area contributed by atoms with Crippen molar-refractivity contribution in [3.63, 3.8) is 0 Å². The Kier molecular flexibility index (Phi) is 6.26. The molecule has 2 aromatic heterocycles. The molecular formula is C20H18F3N3O2S. The summed E-state index contributed by atoms with van der Waals surface area (Å²) in [6.07, 6.45) is -3.30. The van der Waals surface area contributed by atoms with Crippen molar-refractivity contribution < 1.29 is 22.4 Å². The molecule has 0 radical (unpaired) electrons. The van der Waals surface area contributed by atoms with Crippen LogP contribution in [0.25, 0.3) is 11.5 Å². The lowest BCUT2D eigenvalue weighted by Crippen LogP contribution is -2.15. The number of thioether (sulfide) groups is 1. The van der Waals surface area contributed by atoms with Gasteiger partial charge in [0, 0.05) is 5.69 Å². The van der Waals surface area contributed by atoms with E-state index in [9.17, 15) is 18.0 Å². The number of nitrogens with one attached hydrogen (secondary N) is 1. The molecule has 29 heavy (non-hydrogen) atoms. The van der Waals surface area contributed by atoms with Gasteiger partial charge in [-0.25, -0.2) is 9.97 Å². The summed E-state index contributed by atoms with van der Waals surface area (Å²) in [5, 5.41) is 2.55. The maximum Gasteiger partial charge on any atom is 0.433 e. The van der Waals surface area contributed by atoms with Gasteiger partial charge in [-0.05, 0) is 41.8 Å². The zero-order chi connectivity index (χ0) is 21.0. The summed E-state index contributed by atoms with van der Waals surface area (Å²) in [6.45, 7) is 4.13. The average Bonchev–Trinajstić information content (AvgIpc) is 3.21. The van der Waals surface area contributed by atoms with Crippen molar-refractivity contribution in [2.24, 2.45) is 0 Å². The molecule has 0 spiro atoms. The molecule has 2 heterocycles. The topological polar surface area (TPSA) is 68.0 Å². The molecule has 3 aromatic rings. The van der Waals surface area contributed by atoms with E-state index in [1.165, 1.54) is 12.3 Å². The second-order valence-corrected chi connectivity index (χ2v) is 7.45. The number of hydrogen-bond donors (Lipinski definition) is 1. The molecule has 0 atom stereocenters. The lowest BCUT2D eigenvalue weighted by atomic mass is 10.0. The quantitative estimate of drug-likeness (QED) is 0.414. The van der Waals surface area contributed by atoms with E-state index in [2.05, 4.69) is 29.1 Å². The smallest absolute Gasteiger partial charge is 0.433 e. The number of furan rings is 1. The van der Waals surface area contributed by atoms with Crippen molar-refractivity contribution >= 4 is 23.4 Å². The highest BCUT2D eigenvalue weighted by Gasteiger charge is 2.34. The second-order valence-electron chi connectivity index (χ2n) is 6.51. The van der Waals surface area contributed by atoms with E-state index in [1.54, 1.807) is 18.2 Å². The minimum Gasteiger partial charge on any atom is -0.463 e. The van der Waals surface area contributed by atoms with Gasteiger partial charge in [-0.3, -0.25) is 4.79 Å². The molecule has 3 rings (SSSR count). The van der Waals surface area contributed by atoms with E-state index < -0.39 is 11.9 Å². The second kappa shape index (κ2) is 8.69. The maximum atomic E-state index is 13.2. The molecule has 0 aliphatic rings. The fourth-order valence-corrected chi connectivity index (χ4v) is 3.12. The Labute approximate surface area is 169 Å². The molecule has 1 amide bonds. The van der Waals surface area contributed by atoms with Gasteiger partial charge >= 0.3 is 6.18 Å². The van der Waals surface area contributed by atoms with Gasteiger partial charge in [0.25, 0.3) is 0 Å². The van der Waals surface area contributed by atoms with Gasteiger partial charge in [-0.15, -0.1) is 0 Å². The largest absolute Gasteiger partial charge is 0.463 e. The summed E-state index contributed by atoms with van der Waals surface area (Å²) < 4.78 is 44.6. The van der Waals surface area contributed by atoms with E-state index in [1.807, 2.05) is 12.1 Å². The van der Waals surface area contributed by atoms with Crippen molar-refractivity contribution in [2.75, 3.05) is 11.1 Å². The lowest BCUT2D eigenvalue weighted by Gasteiger charge is -2.10. The predicted molar refractivity (Wildman–Crippen MR) is 105 cm³/mol. The Morgan fingerprint density at radius 3 is 2.48 bits per heavy atom. The van der Waals surface area contributed by atoms with Crippen LogP contribution in [0.2, 0.25) is 0 Å². The van der Waals surface area contributed by atoms with Crippen molar-refractivity contribution in [2.45, 2.75) is 31.1 Å². The number of anilines is 1. The van der Waals surface area contributed by atoms with Crippen LogP contribution in [0.1, 0.15) is 31.0 Å². The zero-order valence-corrected chi connectivity index (χ0v) is 16.5. The first-order valence-corrected chi connectivity index (χ1v) is 9.73. The Balaban J connectivity index is 1.70. The minimum atomic E-state index is -4.64. The van der Waals surface area contributed by atoms with Crippen molar-refractivity contribution in [1.82, 2.24) is 9.97 Å². The number of amides is 1.